The summed E-state index contributed by atoms with van der Waals surface area (Å²) in [5.41, 5.74) is 5.29. The Morgan fingerprint density at radius 3 is 2.38 bits per heavy atom. The van der Waals surface area contributed by atoms with Crippen LogP contribution in [0.5, 0.6) is 5.75 Å². The van der Waals surface area contributed by atoms with Crippen molar-refractivity contribution in [2.45, 2.75) is 18.8 Å². The first-order valence-electron chi connectivity index (χ1n) is 6.40. The molecule has 3 N–H and O–H groups in total. The molecule has 0 atom stereocenters. The quantitative estimate of drug-likeness (QED) is 0.710. The number of carbonyl (C=O) groups is 2. The first-order valence-corrected chi connectivity index (χ1v) is 6.40. The maximum Gasteiger partial charge on any atom is 0.277 e. The lowest BCUT2D eigenvalue weighted by Gasteiger charge is -2.14. The SMILES string of the molecule is COc1ccc(C(=O)CCC(=O)NCC(F)(F)CN)cc1. The Labute approximate surface area is 121 Å². The summed E-state index contributed by atoms with van der Waals surface area (Å²) < 4.78 is 30.6. The van der Waals surface area contributed by atoms with Crippen LogP contribution in [0.4, 0.5) is 8.78 Å². The Hall–Kier alpha value is -2.02. The summed E-state index contributed by atoms with van der Waals surface area (Å²) in [6, 6.07) is 6.44. The summed E-state index contributed by atoms with van der Waals surface area (Å²) in [6.45, 7) is -1.66. The number of ether oxygens (including phenoxy) is 1. The van der Waals surface area contributed by atoms with Gasteiger partial charge in [0.2, 0.25) is 5.91 Å². The number of halogens is 2. The lowest BCUT2D eigenvalue weighted by Crippen LogP contribution is -2.41. The molecule has 21 heavy (non-hydrogen) atoms. The summed E-state index contributed by atoms with van der Waals surface area (Å²) in [5, 5.41) is 2.06. The third kappa shape index (κ3) is 5.86. The summed E-state index contributed by atoms with van der Waals surface area (Å²) >= 11 is 0. The van der Waals surface area contributed by atoms with E-state index in [4.69, 9.17) is 10.5 Å². The minimum atomic E-state index is -3.13. The van der Waals surface area contributed by atoms with Crippen LogP contribution in [0.15, 0.2) is 24.3 Å². The molecule has 1 aromatic rings. The Morgan fingerprint density at radius 1 is 1.24 bits per heavy atom. The van der Waals surface area contributed by atoms with Gasteiger partial charge in [0.25, 0.3) is 5.92 Å². The highest BCUT2D eigenvalue weighted by Gasteiger charge is 2.27. The molecule has 0 aliphatic heterocycles. The van der Waals surface area contributed by atoms with Crippen molar-refractivity contribution in [1.82, 2.24) is 5.32 Å². The predicted octanol–water partition coefficient (Wildman–Crippen LogP) is 1.37. The molecule has 0 saturated carbocycles. The van der Waals surface area contributed by atoms with Gasteiger partial charge in [-0.1, -0.05) is 0 Å². The van der Waals surface area contributed by atoms with E-state index in [9.17, 15) is 18.4 Å². The van der Waals surface area contributed by atoms with Crippen molar-refractivity contribution in [3.63, 3.8) is 0 Å². The maximum atomic E-state index is 12.8. The number of hydrogen-bond donors (Lipinski definition) is 2. The molecule has 0 bridgehead atoms. The second kappa shape index (κ2) is 7.68. The van der Waals surface area contributed by atoms with Crippen LogP contribution in [0.2, 0.25) is 0 Å². The zero-order valence-corrected chi connectivity index (χ0v) is 11.7. The van der Waals surface area contributed by atoms with Gasteiger partial charge in [-0.15, -0.1) is 0 Å². The molecule has 0 aliphatic rings. The van der Waals surface area contributed by atoms with E-state index in [0.29, 0.717) is 11.3 Å². The van der Waals surface area contributed by atoms with Crippen molar-refractivity contribution in [2.24, 2.45) is 5.73 Å². The van der Waals surface area contributed by atoms with Gasteiger partial charge in [-0.3, -0.25) is 9.59 Å². The smallest absolute Gasteiger partial charge is 0.277 e. The maximum absolute atomic E-state index is 12.8. The third-order valence-electron chi connectivity index (χ3n) is 2.83. The number of methoxy groups -OCH3 is 1. The standard InChI is InChI=1S/C14H18F2N2O3/c1-21-11-4-2-10(3-5-11)12(19)6-7-13(20)18-9-14(15,16)8-17/h2-5H,6-9,17H2,1H3,(H,18,20). The van der Waals surface area contributed by atoms with Crippen LogP contribution >= 0.6 is 0 Å². The Balaban J connectivity index is 2.40. The number of carbonyl (C=O) groups excluding carboxylic acids is 2. The van der Waals surface area contributed by atoms with Crippen molar-refractivity contribution in [3.8, 4) is 5.75 Å². The lowest BCUT2D eigenvalue weighted by atomic mass is 10.1. The van der Waals surface area contributed by atoms with E-state index in [1.807, 2.05) is 0 Å². The van der Waals surface area contributed by atoms with Crippen LogP contribution in [0.3, 0.4) is 0 Å². The Kier molecular flexibility index (Phi) is 6.23. The minimum Gasteiger partial charge on any atom is -0.497 e. The Bertz CT molecular complexity index is 489. The van der Waals surface area contributed by atoms with Crippen molar-refractivity contribution < 1.29 is 23.1 Å². The van der Waals surface area contributed by atoms with Crippen LogP contribution in [0.1, 0.15) is 23.2 Å². The average molecular weight is 300 g/mol. The molecular weight excluding hydrogens is 282 g/mol. The van der Waals surface area contributed by atoms with Gasteiger partial charge in [-0.05, 0) is 24.3 Å². The molecule has 7 heteroatoms. The van der Waals surface area contributed by atoms with Crippen molar-refractivity contribution >= 4 is 11.7 Å². The van der Waals surface area contributed by atoms with Crippen LogP contribution in [0, 0.1) is 0 Å². The number of nitrogens with one attached hydrogen (secondary N) is 1. The summed E-state index contributed by atoms with van der Waals surface area (Å²) in [5.74, 6) is -3.35. The molecule has 0 fully saturated rings. The normalized spacial score (nSPS) is 11.0. The number of benzene rings is 1. The second-order valence-corrected chi connectivity index (χ2v) is 4.49. The second-order valence-electron chi connectivity index (χ2n) is 4.49. The number of alkyl halides is 2. The molecule has 1 amide bonds. The molecule has 0 spiro atoms. The topological polar surface area (TPSA) is 81.4 Å². The fraction of sp³-hybridized carbons (Fsp3) is 0.429. The molecule has 0 radical (unpaired) electrons. The molecule has 0 aliphatic carbocycles. The van der Waals surface area contributed by atoms with Crippen LogP contribution in [-0.4, -0.2) is 37.8 Å². The largest absolute Gasteiger partial charge is 0.497 e. The van der Waals surface area contributed by atoms with Crippen molar-refractivity contribution in [2.75, 3.05) is 20.2 Å². The molecule has 0 saturated heterocycles. The number of hydrogen-bond acceptors (Lipinski definition) is 4. The molecule has 0 heterocycles. The number of nitrogens with two attached hydrogens (primary N) is 1. The molecular formula is C14H18F2N2O3. The molecule has 116 valence electrons. The van der Waals surface area contributed by atoms with E-state index in [-0.39, 0.29) is 18.6 Å². The predicted molar refractivity (Wildman–Crippen MR) is 73.6 cm³/mol. The number of amides is 1. The van der Waals surface area contributed by atoms with E-state index in [1.54, 1.807) is 24.3 Å². The summed E-state index contributed by atoms with van der Waals surface area (Å²) in [6.07, 6.45) is -0.197. The van der Waals surface area contributed by atoms with Crippen LogP contribution in [0.25, 0.3) is 0 Å². The van der Waals surface area contributed by atoms with Gasteiger partial charge >= 0.3 is 0 Å². The van der Waals surface area contributed by atoms with E-state index < -0.39 is 24.9 Å². The zero-order chi connectivity index (χ0) is 15.9. The minimum absolute atomic E-state index is 0.0492. The van der Waals surface area contributed by atoms with E-state index in [0.717, 1.165) is 0 Å². The van der Waals surface area contributed by atoms with Gasteiger partial charge in [0.05, 0.1) is 20.2 Å². The van der Waals surface area contributed by atoms with E-state index in [1.165, 1.54) is 7.11 Å². The van der Waals surface area contributed by atoms with E-state index in [2.05, 4.69) is 5.32 Å². The van der Waals surface area contributed by atoms with Gasteiger partial charge in [0.15, 0.2) is 5.78 Å². The van der Waals surface area contributed by atoms with Gasteiger partial charge < -0.3 is 15.8 Å². The molecule has 0 unspecified atom stereocenters. The fourth-order valence-corrected chi connectivity index (χ4v) is 1.54. The van der Waals surface area contributed by atoms with Gasteiger partial charge in [0.1, 0.15) is 5.75 Å². The monoisotopic (exact) mass is 300 g/mol. The third-order valence-corrected chi connectivity index (χ3v) is 2.83. The van der Waals surface area contributed by atoms with Crippen LogP contribution in [-0.2, 0) is 4.79 Å². The summed E-state index contributed by atoms with van der Waals surface area (Å²) in [4.78, 5) is 23.2. The van der Waals surface area contributed by atoms with E-state index >= 15 is 0 Å². The zero-order valence-electron chi connectivity index (χ0n) is 11.7. The highest BCUT2D eigenvalue weighted by molar-refractivity contribution is 5.98. The fourth-order valence-electron chi connectivity index (χ4n) is 1.54. The van der Waals surface area contributed by atoms with Crippen molar-refractivity contribution in [1.29, 1.82) is 0 Å². The number of rotatable bonds is 8. The summed E-state index contributed by atoms with van der Waals surface area (Å²) in [7, 11) is 1.51. The lowest BCUT2D eigenvalue weighted by molar-refractivity contribution is -0.122. The van der Waals surface area contributed by atoms with Gasteiger partial charge in [-0.25, -0.2) is 8.78 Å². The number of Topliss-reactive ketones (excluding diaryl/α,β-unsaturated/α-hetero) is 1. The average Bonchev–Trinajstić information content (AvgIpc) is 2.50. The van der Waals surface area contributed by atoms with Crippen LogP contribution < -0.4 is 15.8 Å². The molecule has 1 aromatic carbocycles. The van der Waals surface area contributed by atoms with Gasteiger partial charge in [-0.2, -0.15) is 0 Å². The first-order chi connectivity index (χ1) is 9.88. The highest BCUT2D eigenvalue weighted by atomic mass is 19.3. The molecule has 5 nitrogen and oxygen atoms in total. The van der Waals surface area contributed by atoms with Gasteiger partial charge in [0, 0.05) is 18.4 Å². The van der Waals surface area contributed by atoms with Crippen molar-refractivity contribution in [3.05, 3.63) is 29.8 Å². The highest BCUT2D eigenvalue weighted by Crippen LogP contribution is 2.13. The molecule has 0 aromatic heterocycles. The Morgan fingerprint density at radius 2 is 1.86 bits per heavy atom. The number of ketones is 1. The first kappa shape index (κ1) is 17.0. The molecule has 1 rings (SSSR count).